The fourth-order valence-corrected chi connectivity index (χ4v) is 2.33. The van der Waals surface area contributed by atoms with Gasteiger partial charge in [-0.3, -0.25) is 0 Å². The van der Waals surface area contributed by atoms with E-state index in [4.69, 9.17) is 23.7 Å². The Balaban J connectivity index is 1.63. The zero-order valence-corrected chi connectivity index (χ0v) is 13.4. The van der Waals surface area contributed by atoms with Crippen molar-refractivity contribution in [1.29, 1.82) is 0 Å². The Kier molecular flexibility index (Phi) is 9.27. The van der Waals surface area contributed by atoms with Gasteiger partial charge < -0.3 is 34.3 Å². The fourth-order valence-electron chi connectivity index (χ4n) is 2.33. The SMILES string of the molecule is C1COCCOCCNCCOCC2(COCCN1)COC2. The maximum Gasteiger partial charge on any atom is 0.0701 e. The Hall–Kier alpha value is -0.280. The Morgan fingerprint density at radius 1 is 0.455 bits per heavy atom. The molecule has 2 aliphatic heterocycles. The molecular weight excluding hydrogens is 288 g/mol. The molecule has 2 aliphatic rings. The van der Waals surface area contributed by atoms with Gasteiger partial charge in [-0.2, -0.15) is 0 Å². The molecule has 2 saturated heterocycles. The van der Waals surface area contributed by atoms with Crippen LogP contribution in [0.3, 0.4) is 0 Å². The summed E-state index contributed by atoms with van der Waals surface area (Å²) < 4.78 is 27.8. The zero-order valence-electron chi connectivity index (χ0n) is 13.4. The minimum atomic E-state index is 0.0507. The summed E-state index contributed by atoms with van der Waals surface area (Å²) in [6.45, 7) is 10.3. The van der Waals surface area contributed by atoms with Crippen LogP contribution in [-0.4, -0.2) is 92.2 Å². The van der Waals surface area contributed by atoms with Crippen LogP contribution in [0, 0.1) is 5.41 Å². The third kappa shape index (κ3) is 7.32. The molecule has 0 unspecified atom stereocenters. The Morgan fingerprint density at radius 2 is 0.864 bits per heavy atom. The van der Waals surface area contributed by atoms with Crippen molar-refractivity contribution in [1.82, 2.24) is 10.6 Å². The van der Waals surface area contributed by atoms with E-state index >= 15 is 0 Å². The molecule has 0 aromatic rings. The number of nitrogens with one attached hydrogen (secondary N) is 2. The number of hydrogen-bond acceptors (Lipinski definition) is 7. The molecular formula is C15H30N2O5. The standard InChI is InChI=1S/C15H30N2O5/c1-5-18-9-10-19-6-2-17-4-8-21-12-15(13-22-14-15)11-20-7-3-16-1/h16-17H,1-14H2. The van der Waals surface area contributed by atoms with E-state index in [-0.39, 0.29) is 5.41 Å². The molecule has 2 N–H and O–H groups in total. The largest absolute Gasteiger partial charge is 0.380 e. The smallest absolute Gasteiger partial charge is 0.0701 e. The van der Waals surface area contributed by atoms with Gasteiger partial charge in [0.2, 0.25) is 0 Å². The molecule has 22 heavy (non-hydrogen) atoms. The van der Waals surface area contributed by atoms with E-state index in [0.29, 0.717) is 52.9 Å². The van der Waals surface area contributed by atoms with Crippen molar-refractivity contribution in [3.05, 3.63) is 0 Å². The molecule has 7 nitrogen and oxygen atoms in total. The van der Waals surface area contributed by atoms with E-state index in [9.17, 15) is 0 Å². The molecule has 0 aliphatic carbocycles. The third-order valence-corrected chi connectivity index (χ3v) is 3.70. The fraction of sp³-hybridized carbons (Fsp3) is 1.00. The van der Waals surface area contributed by atoms with Gasteiger partial charge >= 0.3 is 0 Å². The van der Waals surface area contributed by atoms with Crippen LogP contribution >= 0.6 is 0 Å². The summed E-state index contributed by atoms with van der Waals surface area (Å²) in [6, 6.07) is 0. The Bertz CT molecular complexity index is 255. The summed E-state index contributed by atoms with van der Waals surface area (Å²) in [5.74, 6) is 0. The molecule has 130 valence electrons. The maximum atomic E-state index is 5.76. The first-order valence-corrected chi connectivity index (χ1v) is 8.22. The van der Waals surface area contributed by atoms with Crippen molar-refractivity contribution in [2.75, 3.05) is 92.2 Å². The molecule has 0 amide bonds. The van der Waals surface area contributed by atoms with Crippen molar-refractivity contribution < 1.29 is 23.7 Å². The van der Waals surface area contributed by atoms with E-state index in [1.165, 1.54) is 0 Å². The maximum absolute atomic E-state index is 5.76. The van der Waals surface area contributed by atoms with Crippen molar-refractivity contribution >= 4 is 0 Å². The van der Waals surface area contributed by atoms with E-state index < -0.39 is 0 Å². The van der Waals surface area contributed by atoms with Crippen LogP contribution in [-0.2, 0) is 23.7 Å². The van der Waals surface area contributed by atoms with Gasteiger partial charge in [-0.1, -0.05) is 0 Å². The lowest BCUT2D eigenvalue weighted by Gasteiger charge is -2.40. The van der Waals surface area contributed by atoms with Crippen LogP contribution in [0.5, 0.6) is 0 Å². The van der Waals surface area contributed by atoms with Crippen molar-refractivity contribution in [2.45, 2.75) is 0 Å². The van der Waals surface area contributed by atoms with Gasteiger partial charge in [0.1, 0.15) is 0 Å². The van der Waals surface area contributed by atoms with Crippen LogP contribution in [0.1, 0.15) is 0 Å². The predicted octanol–water partition coefficient (Wildman–Crippen LogP) is -0.738. The summed E-state index contributed by atoms with van der Waals surface area (Å²) in [4.78, 5) is 0. The van der Waals surface area contributed by atoms with Crippen molar-refractivity contribution in [3.8, 4) is 0 Å². The summed E-state index contributed by atoms with van der Waals surface area (Å²) in [7, 11) is 0. The average molecular weight is 318 g/mol. The minimum absolute atomic E-state index is 0.0507. The van der Waals surface area contributed by atoms with Gasteiger partial charge in [-0.15, -0.1) is 0 Å². The second-order valence-corrected chi connectivity index (χ2v) is 5.82. The van der Waals surface area contributed by atoms with Gasteiger partial charge in [0.25, 0.3) is 0 Å². The highest BCUT2D eigenvalue weighted by Crippen LogP contribution is 2.28. The zero-order chi connectivity index (χ0) is 15.3. The molecule has 2 heterocycles. The monoisotopic (exact) mass is 318 g/mol. The van der Waals surface area contributed by atoms with Crippen LogP contribution < -0.4 is 10.6 Å². The summed E-state index contributed by atoms with van der Waals surface area (Å²) in [5.41, 5.74) is 0.0507. The van der Waals surface area contributed by atoms with E-state index in [2.05, 4.69) is 10.6 Å². The van der Waals surface area contributed by atoms with Crippen LogP contribution in [0.25, 0.3) is 0 Å². The number of rotatable bonds is 0. The summed E-state index contributed by atoms with van der Waals surface area (Å²) in [5, 5.41) is 6.60. The predicted molar refractivity (Wildman–Crippen MR) is 82.3 cm³/mol. The molecule has 7 heteroatoms. The molecule has 0 radical (unpaired) electrons. The van der Waals surface area contributed by atoms with E-state index in [0.717, 1.165) is 39.4 Å². The summed E-state index contributed by atoms with van der Waals surface area (Å²) in [6.07, 6.45) is 0. The second-order valence-electron chi connectivity index (χ2n) is 5.82. The van der Waals surface area contributed by atoms with Gasteiger partial charge in [-0.05, 0) is 0 Å². The average Bonchev–Trinajstić information content (AvgIpc) is 2.49. The molecule has 0 bridgehead atoms. The quantitative estimate of drug-likeness (QED) is 0.610. The molecule has 2 rings (SSSR count). The van der Waals surface area contributed by atoms with Crippen LogP contribution in [0.2, 0.25) is 0 Å². The van der Waals surface area contributed by atoms with Crippen molar-refractivity contribution in [3.63, 3.8) is 0 Å². The van der Waals surface area contributed by atoms with E-state index in [1.807, 2.05) is 0 Å². The van der Waals surface area contributed by atoms with Gasteiger partial charge in [-0.25, -0.2) is 0 Å². The van der Waals surface area contributed by atoms with Gasteiger partial charge in [0, 0.05) is 26.2 Å². The summed E-state index contributed by atoms with van der Waals surface area (Å²) >= 11 is 0. The Labute approximate surface area is 133 Å². The highest BCUT2D eigenvalue weighted by Gasteiger charge is 2.39. The van der Waals surface area contributed by atoms with Crippen molar-refractivity contribution in [2.24, 2.45) is 5.41 Å². The van der Waals surface area contributed by atoms with Gasteiger partial charge in [0.05, 0.1) is 71.5 Å². The molecule has 0 atom stereocenters. The molecule has 0 aromatic carbocycles. The molecule has 0 saturated carbocycles. The molecule has 1 spiro atoms. The lowest BCUT2D eigenvalue weighted by Crippen LogP contribution is -2.50. The normalized spacial score (nSPS) is 27.3. The third-order valence-electron chi connectivity index (χ3n) is 3.70. The highest BCUT2D eigenvalue weighted by atomic mass is 16.5. The number of ether oxygens (including phenoxy) is 5. The first-order valence-electron chi connectivity index (χ1n) is 8.22. The Morgan fingerprint density at radius 3 is 1.27 bits per heavy atom. The lowest BCUT2D eigenvalue weighted by molar-refractivity contribution is -0.177. The number of hydrogen-bond donors (Lipinski definition) is 2. The first kappa shape index (κ1) is 18.1. The van der Waals surface area contributed by atoms with Crippen LogP contribution in [0.4, 0.5) is 0 Å². The van der Waals surface area contributed by atoms with Crippen LogP contribution in [0.15, 0.2) is 0 Å². The second kappa shape index (κ2) is 11.3. The van der Waals surface area contributed by atoms with Gasteiger partial charge in [0.15, 0.2) is 0 Å². The van der Waals surface area contributed by atoms with E-state index in [1.54, 1.807) is 0 Å². The lowest BCUT2D eigenvalue weighted by atomic mass is 9.88. The topological polar surface area (TPSA) is 70.2 Å². The molecule has 0 aromatic heterocycles. The molecule has 2 fully saturated rings. The first-order chi connectivity index (χ1) is 10.9. The highest BCUT2D eigenvalue weighted by molar-refractivity contribution is 4.85. The minimum Gasteiger partial charge on any atom is -0.380 e.